The van der Waals surface area contributed by atoms with Crippen LogP contribution in [0.1, 0.15) is 16.8 Å². The maximum atomic E-state index is 13.2. The largest absolute Gasteiger partial charge is 0.452 e. The van der Waals surface area contributed by atoms with E-state index in [1.165, 1.54) is 18.2 Å². The van der Waals surface area contributed by atoms with Crippen LogP contribution in [0.5, 0.6) is 0 Å². The Balaban J connectivity index is 1.27. The smallest absolute Gasteiger partial charge is 0.338 e. The van der Waals surface area contributed by atoms with Gasteiger partial charge in [0.15, 0.2) is 6.61 Å². The highest BCUT2D eigenvalue weighted by atomic mass is 35.5. The topological polar surface area (TPSA) is 92.8 Å². The van der Waals surface area contributed by atoms with Gasteiger partial charge in [-0.25, -0.2) is 4.79 Å². The Kier molecular flexibility index (Phi) is 6.46. The fraction of sp³-hybridized carbons (Fsp3) is 0.333. The quantitative estimate of drug-likeness (QED) is 0.326. The number of nitrogens with zero attached hydrogens (tertiary/aromatic N) is 1. The molecule has 5 rings (SSSR count). The second-order valence-corrected chi connectivity index (χ2v) is 10.6. The first-order chi connectivity index (χ1) is 16.7. The Morgan fingerprint density at radius 2 is 1.60 bits per heavy atom. The van der Waals surface area contributed by atoms with Crippen LogP contribution in [-0.4, -0.2) is 41.1 Å². The number of halogens is 4. The van der Waals surface area contributed by atoms with Crippen LogP contribution in [0, 0.1) is 23.7 Å². The molecule has 35 heavy (non-hydrogen) atoms. The van der Waals surface area contributed by atoms with Crippen molar-refractivity contribution in [2.24, 2.45) is 23.7 Å². The predicted molar refractivity (Wildman–Crippen MR) is 132 cm³/mol. The van der Waals surface area contributed by atoms with Gasteiger partial charge in [-0.3, -0.25) is 19.3 Å². The number of anilines is 2. The summed E-state index contributed by atoms with van der Waals surface area (Å²) in [5, 5.41) is 2.25. The number of carbonyl (C=O) groups excluding carboxylic acids is 4. The van der Waals surface area contributed by atoms with Gasteiger partial charge in [-0.15, -0.1) is 23.2 Å². The zero-order valence-electron chi connectivity index (χ0n) is 17.9. The van der Waals surface area contributed by atoms with Crippen molar-refractivity contribution in [1.29, 1.82) is 0 Å². The maximum absolute atomic E-state index is 13.2. The average molecular weight is 556 g/mol. The fourth-order valence-corrected chi connectivity index (χ4v) is 6.62. The van der Waals surface area contributed by atoms with Crippen LogP contribution >= 0.6 is 46.4 Å². The third-order valence-electron chi connectivity index (χ3n) is 6.89. The summed E-state index contributed by atoms with van der Waals surface area (Å²) in [7, 11) is 0. The second kappa shape index (κ2) is 9.28. The van der Waals surface area contributed by atoms with Gasteiger partial charge in [0.05, 0.1) is 49.6 Å². The minimum absolute atomic E-state index is 0.0853. The molecule has 3 fully saturated rings. The van der Waals surface area contributed by atoms with E-state index in [2.05, 4.69) is 5.32 Å². The van der Waals surface area contributed by atoms with Crippen molar-refractivity contribution in [1.82, 2.24) is 0 Å². The molecule has 3 amide bonds. The van der Waals surface area contributed by atoms with E-state index in [0.29, 0.717) is 6.42 Å². The lowest BCUT2D eigenvalue weighted by atomic mass is 9.80. The van der Waals surface area contributed by atoms with Crippen LogP contribution in [-0.2, 0) is 19.1 Å². The first-order valence-electron chi connectivity index (χ1n) is 10.9. The molecule has 0 radical (unpaired) electrons. The Labute approximate surface area is 220 Å². The molecule has 1 saturated heterocycles. The summed E-state index contributed by atoms with van der Waals surface area (Å²) in [5.74, 6) is -3.34. The van der Waals surface area contributed by atoms with E-state index in [1.807, 2.05) is 0 Å². The molecule has 2 aromatic carbocycles. The minimum Gasteiger partial charge on any atom is -0.452 e. The molecule has 2 bridgehead atoms. The fourth-order valence-electron chi connectivity index (χ4n) is 5.38. The molecule has 2 aliphatic carbocycles. The first kappa shape index (κ1) is 24.4. The second-order valence-electron chi connectivity index (χ2n) is 8.79. The molecule has 7 nitrogen and oxygen atoms in total. The van der Waals surface area contributed by atoms with Crippen LogP contribution in [0.4, 0.5) is 11.4 Å². The van der Waals surface area contributed by atoms with Gasteiger partial charge in [-0.2, -0.15) is 0 Å². The summed E-state index contributed by atoms with van der Waals surface area (Å²) in [6.45, 7) is -0.574. The van der Waals surface area contributed by atoms with Gasteiger partial charge >= 0.3 is 5.97 Å². The number of alkyl halides is 2. The van der Waals surface area contributed by atoms with Crippen LogP contribution in [0.25, 0.3) is 0 Å². The van der Waals surface area contributed by atoms with Gasteiger partial charge in [0.1, 0.15) is 0 Å². The summed E-state index contributed by atoms with van der Waals surface area (Å²) in [5.41, 5.74) is 0.629. The lowest BCUT2D eigenvalue weighted by Gasteiger charge is -2.28. The van der Waals surface area contributed by atoms with Crippen molar-refractivity contribution in [2.75, 3.05) is 16.8 Å². The molecule has 2 aromatic rings. The van der Waals surface area contributed by atoms with Crippen LogP contribution in [0.3, 0.4) is 0 Å². The monoisotopic (exact) mass is 554 g/mol. The third kappa shape index (κ3) is 4.08. The number of amides is 3. The van der Waals surface area contributed by atoms with Gasteiger partial charge in [0, 0.05) is 0 Å². The third-order valence-corrected chi connectivity index (χ3v) is 9.03. The van der Waals surface area contributed by atoms with Crippen LogP contribution in [0.2, 0.25) is 10.0 Å². The summed E-state index contributed by atoms with van der Waals surface area (Å²) < 4.78 is 5.10. The number of esters is 1. The lowest BCUT2D eigenvalue weighted by molar-refractivity contribution is -0.123. The van der Waals surface area contributed by atoms with E-state index in [0.717, 1.165) is 4.90 Å². The number of ether oxygens (including phenoxy) is 1. The Morgan fingerprint density at radius 3 is 2.26 bits per heavy atom. The van der Waals surface area contributed by atoms with Gasteiger partial charge in [0.2, 0.25) is 11.8 Å². The Hall–Kier alpha value is -2.32. The highest BCUT2D eigenvalue weighted by molar-refractivity contribution is 6.44. The molecule has 0 aromatic heterocycles. The number of carbonyl (C=O) groups is 4. The molecule has 1 N–H and O–H groups in total. The molecular formula is C24H18Cl4N2O5. The molecular weight excluding hydrogens is 538 g/mol. The highest BCUT2D eigenvalue weighted by Crippen LogP contribution is 2.59. The normalized spacial score (nSPS) is 28.9. The van der Waals surface area contributed by atoms with E-state index in [9.17, 15) is 19.2 Å². The summed E-state index contributed by atoms with van der Waals surface area (Å²) >= 11 is 24.8. The van der Waals surface area contributed by atoms with Crippen molar-refractivity contribution in [3.63, 3.8) is 0 Å². The van der Waals surface area contributed by atoms with E-state index in [4.69, 9.17) is 51.1 Å². The van der Waals surface area contributed by atoms with Crippen LogP contribution in [0.15, 0.2) is 42.5 Å². The molecule has 3 aliphatic rings. The van der Waals surface area contributed by atoms with Crippen molar-refractivity contribution in [3.05, 3.63) is 58.1 Å². The predicted octanol–water partition coefficient (Wildman–Crippen LogP) is 4.76. The zero-order chi connectivity index (χ0) is 25.0. The number of hydrogen-bond donors (Lipinski definition) is 1. The van der Waals surface area contributed by atoms with Crippen molar-refractivity contribution < 1.29 is 23.9 Å². The van der Waals surface area contributed by atoms with Crippen molar-refractivity contribution in [3.8, 4) is 0 Å². The van der Waals surface area contributed by atoms with Gasteiger partial charge < -0.3 is 10.1 Å². The molecule has 6 atom stereocenters. The Bertz CT molecular complexity index is 1220. The highest BCUT2D eigenvalue weighted by Gasteiger charge is 2.66. The van der Waals surface area contributed by atoms with Gasteiger partial charge in [0.25, 0.3) is 5.91 Å². The summed E-state index contributed by atoms with van der Waals surface area (Å²) in [6, 6.07) is 10.7. The molecule has 11 heteroatoms. The van der Waals surface area contributed by atoms with Crippen molar-refractivity contribution in [2.45, 2.75) is 17.2 Å². The number of imide groups is 1. The summed E-state index contributed by atoms with van der Waals surface area (Å²) in [4.78, 5) is 52.2. The standard InChI is InChI=1S/C24H18Cl4N2O5/c25-14-5-2-6-15(21(14)28)29-16(31)9-35-24(34)10-3-1-4-11(7-10)30-22(32)17-12-8-13(18(17)23(30)33)20(27)19(12)26/h1-7,12-13,17-20H,8-9H2,(H,29,31)/t12-,13-,17-,18+,19-,20+/m1/s1. The number of nitrogens with one attached hydrogen (secondary N) is 1. The average Bonchev–Trinajstić information content (AvgIpc) is 3.45. The molecule has 1 heterocycles. The van der Waals surface area contributed by atoms with E-state index in [1.54, 1.807) is 24.3 Å². The SMILES string of the molecule is O=C(COC(=O)c1cccc(N2C(=O)[C@@H]3[C@H]4C[C@@H]([C@H](Cl)[C@@H]4Cl)[C@@H]3C2=O)c1)Nc1cccc(Cl)c1Cl. The zero-order valence-corrected chi connectivity index (χ0v) is 20.9. The lowest BCUT2D eigenvalue weighted by Crippen LogP contribution is -2.37. The van der Waals surface area contributed by atoms with E-state index >= 15 is 0 Å². The molecule has 0 unspecified atom stereocenters. The van der Waals surface area contributed by atoms with Gasteiger partial charge in [-0.1, -0.05) is 35.3 Å². The number of hydrogen-bond acceptors (Lipinski definition) is 5. The van der Waals surface area contributed by atoms with Crippen molar-refractivity contribution >= 4 is 81.5 Å². The first-order valence-corrected chi connectivity index (χ1v) is 12.5. The molecule has 2 saturated carbocycles. The molecule has 1 aliphatic heterocycles. The number of benzene rings is 2. The molecule has 182 valence electrons. The maximum Gasteiger partial charge on any atom is 0.338 e. The van der Waals surface area contributed by atoms with E-state index in [-0.39, 0.29) is 61.4 Å². The van der Waals surface area contributed by atoms with E-state index < -0.39 is 30.3 Å². The van der Waals surface area contributed by atoms with Gasteiger partial charge in [-0.05, 0) is 48.6 Å². The minimum atomic E-state index is -0.791. The van der Waals surface area contributed by atoms with Crippen LogP contribution < -0.4 is 10.2 Å². The number of fused-ring (bicyclic) bond motifs is 5. The summed E-state index contributed by atoms with van der Waals surface area (Å²) in [6.07, 6.45) is 0.664. The Morgan fingerprint density at radius 1 is 0.971 bits per heavy atom. The molecule has 0 spiro atoms. The number of rotatable bonds is 5.